The third-order valence-electron chi connectivity index (χ3n) is 5.29. The lowest BCUT2D eigenvalue weighted by atomic mass is 10.00. The van der Waals surface area contributed by atoms with Crippen LogP contribution < -0.4 is 0 Å². The highest BCUT2D eigenvalue weighted by molar-refractivity contribution is 6.02. The van der Waals surface area contributed by atoms with Crippen LogP contribution in [0.15, 0.2) is 47.6 Å². The summed E-state index contributed by atoms with van der Waals surface area (Å²) in [5.41, 5.74) is 3.41. The van der Waals surface area contributed by atoms with Crippen molar-refractivity contribution in [3.8, 4) is 0 Å². The molecule has 0 bridgehead atoms. The zero-order valence-electron chi connectivity index (χ0n) is 18.9. The van der Waals surface area contributed by atoms with Gasteiger partial charge in [0.1, 0.15) is 17.7 Å². The number of hydrogen-bond acceptors (Lipinski definition) is 5. The normalized spacial score (nSPS) is 17.0. The summed E-state index contributed by atoms with van der Waals surface area (Å²) in [5.74, 6) is -0.851. The summed E-state index contributed by atoms with van der Waals surface area (Å²) in [4.78, 5) is 7.57. The molecule has 1 aliphatic heterocycles. The van der Waals surface area contributed by atoms with Crippen LogP contribution in [0.4, 0.5) is 8.78 Å². The molecule has 0 aromatic heterocycles. The molecule has 2 aromatic rings. The van der Waals surface area contributed by atoms with Crippen LogP contribution in [0, 0.1) is 24.5 Å². The summed E-state index contributed by atoms with van der Waals surface area (Å²) >= 11 is 0. The minimum Gasteiger partial charge on any atom is -0.390 e. The van der Waals surface area contributed by atoms with Crippen molar-refractivity contribution in [1.82, 2.24) is 4.90 Å². The van der Waals surface area contributed by atoms with Gasteiger partial charge < -0.3 is 14.7 Å². The van der Waals surface area contributed by atoms with E-state index >= 15 is 0 Å². The van der Waals surface area contributed by atoms with Crippen LogP contribution in [0.25, 0.3) is 0 Å². The number of rotatable bonds is 11. The molecule has 2 aromatic carbocycles. The van der Waals surface area contributed by atoms with E-state index in [2.05, 4.69) is 5.16 Å². The van der Waals surface area contributed by atoms with Gasteiger partial charge in [0, 0.05) is 49.9 Å². The zero-order chi connectivity index (χ0) is 23.1. The molecule has 0 radical (unpaired) electrons. The van der Waals surface area contributed by atoms with Gasteiger partial charge in [0.25, 0.3) is 0 Å². The number of hydrogen-bond donors (Lipinski definition) is 1. The molecular weight excluding hydrogens is 414 g/mol. The van der Waals surface area contributed by atoms with Crippen LogP contribution in [0.1, 0.15) is 37.0 Å². The Kier molecular flexibility index (Phi) is 8.73. The van der Waals surface area contributed by atoms with Crippen LogP contribution in [0.2, 0.25) is 0 Å². The fourth-order valence-corrected chi connectivity index (χ4v) is 3.76. The predicted octanol–water partition coefficient (Wildman–Crippen LogP) is 4.30. The second-order valence-electron chi connectivity index (χ2n) is 8.80. The Morgan fingerprint density at radius 2 is 1.97 bits per heavy atom. The maximum absolute atomic E-state index is 14.3. The Labute approximate surface area is 188 Å². The van der Waals surface area contributed by atoms with Crippen LogP contribution in [-0.2, 0) is 16.1 Å². The second-order valence-corrected chi connectivity index (χ2v) is 8.80. The first-order valence-corrected chi connectivity index (χ1v) is 11.0. The smallest absolute Gasteiger partial charge is 0.145 e. The van der Waals surface area contributed by atoms with Gasteiger partial charge in [-0.05, 0) is 24.5 Å². The van der Waals surface area contributed by atoms with Gasteiger partial charge in [-0.3, -0.25) is 4.90 Å². The van der Waals surface area contributed by atoms with Crippen molar-refractivity contribution in [3.05, 3.63) is 70.8 Å². The number of aliphatic hydroxyl groups is 1. The summed E-state index contributed by atoms with van der Waals surface area (Å²) in [6, 6.07) is 11.5. The van der Waals surface area contributed by atoms with E-state index in [9.17, 15) is 13.9 Å². The second kappa shape index (κ2) is 11.5. The zero-order valence-corrected chi connectivity index (χ0v) is 18.9. The Balaban J connectivity index is 1.64. The summed E-state index contributed by atoms with van der Waals surface area (Å²) < 4.78 is 33.1. The van der Waals surface area contributed by atoms with Gasteiger partial charge in [-0.15, -0.1) is 0 Å². The highest BCUT2D eigenvalue weighted by Gasteiger charge is 2.27. The number of ether oxygens (including phenoxy) is 1. The lowest BCUT2D eigenvalue weighted by Crippen LogP contribution is -2.39. The van der Waals surface area contributed by atoms with Crippen LogP contribution in [0.3, 0.4) is 0 Å². The molecule has 174 valence electrons. The fraction of sp³-hybridized carbons (Fsp3) is 0.480. The summed E-state index contributed by atoms with van der Waals surface area (Å²) in [7, 11) is 0. The first kappa shape index (κ1) is 24.3. The maximum atomic E-state index is 14.3. The van der Waals surface area contributed by atoms with Gasteiger partial charge in [-0.25, -0.2) is 8.78 Å². The lowest BCUT2D eigenvalue weighted by molar-refractivity contribution is -0.00756. The molecule has 5 nitrogen and oxygen atoms in total. The summed E-state index contributed by atoms with van der Waals surface area (Å²) in [5, 5.41) is 14.7. The number of benzene rings is 2. The Morgan fingerprint density at radius 1 is 1.19 bits per heavy atom. The van der Waals surface area contributed by atoms with E-state index in [0.717, 1.165) is 22.9 Å². The van der Waals surface area contributed by atoms with Gasteiger partial charge in [0.15, 0.2) is 0 Å². The average Bonchev–Trinajstić information content (AvgIpc) is 3.18. The molecule has 0 fully saturated rings. The minimum atomic E-state index is -0.740. The summed E-state index contributed by atoms with van der Waals surface area (Å²) in [6.45, 7) is 7.79. The van der Waals surface area contributed by atoms with Crippen LogP contribution in [0.5, 0.6) is 0 Å². The molecule has 2 atom stereocenters. The van der Waals surface area contributed by atoms with E-state index in [4.69, 9.17) is 9.57 Å². The number of oxime groups is 1. The predicted molar refractivity (Wildman–Crippen MR) is 121 cm³/mol. The first-order chi connectivity index (χ1) is 15.3. The molecule has 3 rings (SSSR count). The molecular formula is C25H32F2N2O3. The molecule has 32 heavy (non-hydrogen) atoms. The van der Waals surface area contributed by atoms with E-state index < -0.39 is 17.7 Å². The van der Waals surface area contributed by atoms with Crippen molar-refractivity contribution < 1.29 is 23.5 Å². The monoisotopic (exact) mass is 446 g/mol. The van der Waals surface area contributed by atoms with Gasteiger partial charge in [0.2, 0.25) is 0 Å². The van der Waals surface area contributed by atoms with E-state index in [1.54, 1.807) is 0 Å². The molecule has 0 spiro atoms. The number of aliphatic hydroxyl groups excluding tert-OH is 1. The van der Waals surface area contributed by atoms with Crippen molar-refractivity contribution in [2.24, 2.45) is 11.1 Å². The molecule has 1 N–H and O–H groups in total. The van der Waals surface area contributed by atoms with Crippen LogP contribution >= 0.6 is 0 Å². The van der Waals surface area contributed by atoms with Crippen molar-refractivity contribution in [2.45, 2.75) is 45.9 Å². The third kappa shape index (κ3) is 7.08. The molecule has 1 aliphatic rings. The maximum Gasteiger partial charge on any atom is 0.145 e. The van der Waals surface area contributed by atoms with Crippen molar-refractivity contribution in [3.63, 3.8) is 0 Å². The SMILES string of the molecule is Cc1ccccc1C1=NO[C@@H](CN(Cc2ccc(F)cc2F)C[C@@H](O)COCC(C)C)C1. The van der Waals surface area contributed by atoms with Gasteiger partial charge >= 0.3 is 0 Å². The van der Waals surface area contributed by atoms with E-state index in [-0.39, 0.29) is 25.8 Å². The fourth-order valence-electron chi connectivity index (χ4n) is 3.76. The van der Waals surface area contributed by atoms with Gasteiger partial charge in [-0.1, -0.05) is 49.3 Å². The summed E-state index contributed by atoms with van der Waals surface area (Å²) in [6.07, 6.45) is -0.347. The van der Waals surface area contributed by atoms with Gasteiger partial charge in [-0.2, -0.15) is 0 Å². The third-order valence-corrected chi connectivity index (χ3v) is 5.29. The lowest BCUT2D eigenvalue weighted by Gasteiger charge is -2.27. The van der Waals surface area contributed by atoms with Crippen molar-refractivity contribution in [1.29, 1.82) is 0 Å². The van der Waals surface area contributed by atoms with E-state index in [0.29, 0.717) is 31.1 Å². The van der Waals surface area contributed by atoms with E-state index in [1.807, 2.05) is 49.9 Å². The molecule has 1 heterocycles. The Bertz CT molecular complexity index is 920. The van der Waals surface area contributed by atoms with Gasteiger partial charge in [0.05, 0.1) is 18.4 Å². The Hall–Kier alpha value is -2.35. The minimum absolute atomic E-state index is 0.192. The van der Waals surface area contributed by atoms with Crippen molar-refractivity contribution in [2.75, 3.05) is 26.3 Å². The molecule has 7 heteroatoms. The van der Waals surface area contributed by atoms with Crippen molar-refractivity contribution >= 4 is 5.71 Å². The molecule has 0 unspecified atom stereocenters. The molecule has 0 aliphatic carbocycles. The number of aryl methyl sites for hydroxylation is 1. The van der Waals surface area contributed by atoms with Crippen LogP contribution in [-0.4, -0.2) is 54.2 Å². The highest BCUT2D eigenvalue weighted by Crippen LogP contribution is 2.21. The first-order valence-electron chi connectivity index (χ1n) is 11.0. The molecule has 0 saturated carbocycles. The Morgan fingerprint density at radius 3 is 2.69 bits per heavy atom. The number of halogens is 2. The quantitative estimate of drug-likeness (QED) is 0.559. The topological polar surface area (TPSA) is 54.3 Å². The highest BCUT2D eigenvalue weighted by atomic mass is 19.1. The average molecular weight is 447 g/mol. The largest absolute Gasteiger partial charge is 0.390 e. The number of nitrogens with zero attached hydrogens (tertiary/aromatic N) is 2. The molecule has 0 amide bonds. The molecule has 0 saturated heterocycles. The van der Waals surface area contributed by atoms with E-state index in [1.165, 1.54) is 12.1 Å². The standard InChI is InChI=1S/C25H32F2N2O3/c1-17(2)15-31-16-21(30)13-29(12-19-8-9-20(26)10-24(19)27)14-22-11-25(28-32-22)23-7-5-4-6-18(23)3/h4-10,17,21-22,30H,11-16H2,1-3H3/t21-,22-/m1/s1.